The number of carbonyl (C=O) groups excluding carboxylic acids is 1. The van der Waals surface area contributed by atoms with Gasteiger partial charge in [0.25, 0.3) is 6.73 Å². The highest BCUT2D eigenvalue weighted by atomic mass is 16.6. The Kier molecular flexibility index (Phi) is 4.64. The van der Waals surface area contributed by atoms with E-state index in [1.807, 2.05) is 60.9 Å². The summed E-state index contributed by atoms with van der Waals surface area (Å²) in [5, 5.41) is 0. The van der Waals surface area contributed by atoms with E-state index in [4.69, 9.17) is 9.47 Å². The molecular weight excluding hydrogens is 242 g/mol. The number of nitrogens with zero attached hydrogens (tertiary/aromatic N) is 1. The summed E-state index contributed by atoms with van der Waals surface area (Å²) in [6, 6.07) is 14.9. The van der Waals surface area contributed by atoms with Gasteiger partial charge in [-0.25, -0.2) is 4.79 Å². The summed E-state index contributed by atoms with van der Waals surface area (Å²) in [6.45, 7) is 0.173. The van der Waals surface area contributed by atoms with E-state index in [2.05, 4.69) is 0 Å². The molecule has 0 radical (unpaired) electrons. The van der Waals surface area contributed by atoms with Crippen molar-refractivity contribution in [2.75, 3.05) is 7.11 Å². The van der Waals surface area contributed by atoms with E-state index in [0.29, 0.717) is 0 Å². The number of hydrogen-bond donors (Lipinski definition) is 0. The third kappa shape index (κ3) is 3.63. The molecule has 4 heteroatoms. The summed E-state index contributed by atoms with van der Waals surface area (Å²) in [5.41, 5.74) is 0.785. The molecule has 0 aliphatic heterocycles. The van der Waals surface area contributed by atoms with E-state index >= 15 is 0 Å². The van der Waals surface area contributed by atoms with Gasteiger partial charge in [0.2, 0.25) is 0 Å². The first kappa shape index (κ1) is 13.2. The van der Waals surface area contributed by atoms with Crippen molar-refractivity contribution < 1.29 is 18.8 Å². The molecule has 0 fully saturated rings. The number of esters is 1. The van der Waals surface area contributed by atoms with Gasteiger partial charge in [-0.05, 0) is 5.56 Å². The number of ether oxygens (including phenoxy) is 2. The van der Waals surface area contributed by atoms with Gasteiger partial charge >= 0.3 is 5.97 Å². The van der Waals surface area contributed by atoms with Gasteiger partial charge < -0.3 is 9.47 Å². The number of hydrogen-bond acceptors (Lipinski definition) is 3. The van der Waals surface area contributed by atoms with Crippen molar-refractivity contribution in [1.82, 2.24) is 0 Å². The molecule has 0 saturated heterocycles. The molecule has 1 atom stereocenters. The van der Waals surface area contributed by atoms with E-state index in [1.165, 1.54) is 7.11 Å². The first-order valence-corrected chi connectivity index (χ1v) is 5.99. The standard InChI is InChI=1S/C15H16NO3/c1-18-14(13-8-4-2-5-9-13)15(17)19-12-16-10-6-3-7-11-16/h2-11,14H,12H2,1H3/q+1/t14-/m1/s1. The number of aromatic nitrogens is 1. The first-order chi connectivity index (χ1) is 9.31. The quantitative estimate of drug-likeness (QED) is 0.607. The van der Waals surface area contributed by atoms with Crippen molar-refractivity contribution in [2.24, 2.45) is 0 Å². The Morgan fingerprint density at radius 3 is 2.37 bits per heavy atom. The molecule has 0 amide bonds. The Morgan fingerprint density at radius 2 is 1.74 bits per heavy atom. The number of methoxy groups -OCH3 is 1. The highest BCUT2D eigenvalue weighted by Crippen LogP contribution is 2.17. The minimum absolute atomic E-state index is 0.173. The summed E-state index contributed by atoms with van der Waals surface area (Å²) in [4.78, 5) is 12.0. The fourth-order valence-corrected chi connectivity index (χ4v) is 1.73. The number of carbonyl (C=O) groups is 1. The van der Waals surface area contributed by atoms with Crippen LogP contribution in [0.3, 0.4) is 0 Å². The Labute approximate surface area is 112 Å². The molecule has 0 bridgehead atoms. The molecule has 0 aliphatic rings. The molecule has 1 heterocycles. The minimum atomic E-state index is -0.689. The summed E-state index contributed by atoms with van der Waals surface area (Å²) in [7, 11) is 1.49. The van der Waals surface area contributed by atoms with Crippen LogP contribution >= 0.6 is 0 Å². The van der Waals surface area contributed by atoms with Crippen LogP contribution in [0.15, 0.2) is 60.9 Å². The van der Waals surface area contributed by atoms with Gasteiger partial charge in [-0.2, -0.15) is 4.57 Å². The zero-order valence-corrected chi connectivity index (χ0v) is 10.7. The summed E-state index contributed by atoms with van der Waals surface area (Å²) in [6.07, 6.45) is 2.97. The van der Waals surface area contributed by atoms with Crippen molar-refractivity contribution in [2.45, 2.75) is 12.8 Å². The van der Waals surface area contributed by atoms with Crippen LogP contribution in [-0.2, 0) is 21.0 Å². The van der Waals surface area contributed by atoms with Gasteiger partial charge in [0.1, 0.15) is 0 Å². The average molecular weight is 258 g/mol. The highest BCUT2D eigenvalue weighted by Gasteiger charge is 2.22. The molecule has 0 N–H and O–H groups in total. The Hall–Kier alpha value is -2.20. The predicted octanol–water partition coefficient (Wildman–Crippen LogP) is 1.86. The molecular formula is C15H16NO3+. The topological polar surface area (TPSA) is 39.4 Å². The molecule has 0 saturated carbocycles. The molecule has 98 valence electrons. The average Bonchev–Trinajstić information content (AvgIpc) is 2.48. The normalized spacial score (nSPS) is 11.8. The van der Waals surface area contributed by atoms with Gasteiger partial charge in [0.05, 0.1) is 0 Å². The van der Waals surface area contributed by atoms with Crippen LogP contribution in [0.5, 0.6) is 0 Å². The Morgan fingerprint density at radius 1 is 1.11 bits per heavy atom. The van der Waals surface area contributed by atoms with Gasteiger partial charge in [0, 0.05) is 19.2 Å². The second-order valence-electron chi connectivity index (χ2n) is 4.01. The van der Waals surface area contributed by atoms with E-state index < -0.39 is 12.1 Å². The lowest BCUT2D eigenvalue weighted by atomic mass is 10.1. The fraction of sp³-hybridized carbons (Fsp3) is 0.200. The van der Waals surface area contributed by atoms with Crippen LogP contribution in [0, 0.1) is 0 Å². The Bertz CT molecular complexity index is 513. The zero-order valence-electron chi connectivity index (χ0n) is 10.7. The lowest BCUT2D eigenvalue weighted by Gasteiger charge is -2.13. The summed E-state index contributed by atoms with van der Waals surface area (Å²) >= 11 is 0. The largest absolute Gasteiger partial charge is 0.403 e. The zero-order chi connectivity index (χ0) is 13.5. The lowest BCUT2D eigenvalue weighted by molar-refractivity contribution is -0.727. The van der Waals surface area contributed by atoms with Gasteiger partial charge in [-0.15, -0.1) is 0 Å². The third-order valence-corrected chi connectivity index (χ3v) is 2.69. The van der Waals surface area contributed by atoms with E-state index in [9.17, 15) is 4.79 Å². The van der Waals surface area contributed by atoms with Crippen LogP contribution in [0.25, 0.3) is 0 Å². The third-order valence-electron chi connectivity index (χ3n) is 2.69. The molecule has 0 unspecified atom stereocenters. The molecule has 4 nitrogen and oxygen atoms in total. The van der Waals surface area contributed by atoms with Crippen LogP contribution in [-0.4, -0.2) is 13.1 Å². The smallest absolute Gasteiger partial charge is 0.344 e. The maximum atomic E-state index is 12.0. The highest BCUT2D eigenvalue weighted by molar-refractivity contribution is 5.76. The lowest BCUT2D eigenvalue weighted by Crippen LogP contribution is -2.36. The second kappa shape index (κ2) is 6.66. The first-order valence-electron chi connectivity index (χ1n) is 5.99. The maximum absolute atomic E-state index is 12.0. The maximum Gasteiger partial charge on any atom is 0.344 e. The van der Waals surface area contributed by atoms with Crippen molar-refractivity contribution in [3.05, 3.63) is 66.5 Å². The van der Waals surface area contributed by atoms with Gasteiger partial charge in [-0.3, -0.25) is 0 Å². The van der Waals surface area contributed by atoms with Crippen LogP contribution < -0.4 is 4.57 Å². The van der Waals surface area contributed by atoms with Crippen LogP contribution in [0.1, 0.15) is 11.7 Å². The van der Waals surface area contributed by atoms with Crippen molar-refractivity contribution >= 4 is 5.97 Å². The molecule has 2 aromatic rings. The Balaban J connectivity index is 1.98. The summed E-state index contributed by atoms with van der Waals surface area (Å²) in [5.74, 6) is -0.398. The summed E-state index contributed by atoms with van der Waals surface area (Å²) < 4.78 is 12.2. The van der Waals surface area contributed by atoms with E-state index in [1.54, 1.807) is 4.57 Å². The molecule has 2 rings (SSSR count). The molecule has 1 aromatic carbocycles. The van der Waals surface area contributed by atoms with E-state index in [-0.39, 0.29) is 6.73 Å². The SMILES string of the molecule is CO[C@@H](C(=O)OC[n+]1ccccc1)c1ccccc1. The van der Waals surface area contributed by atoms with Crippen LogP contribution in [0.4, 0.5) is 0 Å². The second-order valence-corrected chi connectivity index (χ2v) is 4.01. The minimum Gasteiger partial charge on any atom is -0.403 e. The molecule has 19 heavy (non-hydrogen) atoms. The van der Waals surface area contributed by atoms with Gasteiger partial charge in [-0.1, -0.05) is 36.4 Å². The number of rotatable bonds is 5. The molecule has 0 spiro atoms. The van der Waals surface area contributed by atoms with Crippen molar-refractivity contribution in [3.8, 4) is 0 Å². The monoisotopic (exact) mass is 258 g/mol. The van der Waals surface area contributed by atoms with Crippen LogP contribution in [0.2, 0.25) is 0 Å². The predicted molar refractivity (Wildman–Crippen MR) is 68.9 cm³/mol. The van der Waals surface area contributed by atoms with Gasteiger partial charge in [0.15, 0.2) is 18.5 Å². The van der Waals surface area contributed by atoms with Crippen molar-refractivity contribution in [1.29, 1.82) is 0 Å². The molecule has 1 aromatic heterocycles. The number of benzene rings is 1. The fourth-order valence-electron chi connectivity index (χ4n) is 1.73. The van der Waals surface area contributed by atoms with E-state index in [0.717, 1.165) is 5.56 Å². The number of pyridine rings is 1. The van der Waals surface area contributed by atoms with Crippen molar-refractivity contribution in [3.63, 3.8) is 0 Å². The molecule has 0 aliphatic carbocycles.